The maximum atomic E-state index is 5.32. The van der Waals surface area contributed by atoms with Crippen molar-refractivity contribution >= 4 is 0 Å². The molecule has 0 bridgehead atoms. The number of rotatable bonds is 1. The second-order valence-electron chi connectivity index (χ2n) is 3.51. The molecule has 2 fully saturated rings. The van der Waals surface area contributed by atoms with E-state index in [4.69, 9.17) is 4.74 Å². The van der Waals surface area contributed by atoms with Gasteiger partial charge in [0, 0.05) is 7.11 Å². The minimum Gasteiger partial charge on any atom is -0.381 e. The smallest absolute Gasteiger partial charge is 0.0577 e. The molecule has 1 aliphatic heterocycles. The molecule has 2 nitrogen and oxygen atoms in total. The molecule has 1 saturated carbocycles. The first-order valence-electron chi connectivity index (χ1n) is 4.13. The first-order valence-corrected chi connectivity index (χ1v) is 4.13. The van der Waals surface area contributed by atoms with Gasteiger partial charge in [-0.1, -0.05) is 0 Å². The lowest BCUT2D eigenvalue weighted by molar-refractivity contribution is 0.102. The number of fused-ring (bicyclic) bond motifs is 1. The lowest BCUT2D eigenvalue weighted by atomic mass is 10.0. The van der Waals surface area contributed by atoms with Crippen molar-refractivity contribution in [1.29, 1.82) is 0 Å². The van der Waals surface area contributed by atoms with Crippen molar-refractivity contribution < 1.29 is 4.74 Å². The molecule has 58 valence electrons. The molecule has 1 saturated heterocycles. The van der Waals surface area contributed by atoms with Crippen LogP contribution in [0.25, 0.3) is 0 Å². The van der Waals surface area contributed by atoms with Crippen molar-refractivity contribution in [3.63, 3.8) is 0 Å². The minimum atomic E-state index is 0.567. The molecule has 0 amide bonds. The molecule has 1 heterocycles. The lowest BCUT2D eigenvalue weighted by Gasteiger charge is -2.07. The molecular weight excluding hydrogens is 126 g/mol. The predicted octanol–water partition coefficient (Wildman–Crippen LogP) is 0.631. The molecule has 0 aromatic carbocycles. The minimum absolute atomic E-state index is 0.567. The van der Waals surface area contributed by atoms with E-state index < -0.39 is 0 Å². The van der Waals surface area contributed by atoms with Gasteiger partial charge in [-0.3, -0.25) is 0 Å². The number of ether oxygens (including phenoxy) is 1. The average molecular weight is 141 g/mol. The van der Waals surface area contributed by atoms with Crippen molar-refractivity contribution in [2.75, 3.05) is 20.2 Å². The summed E-state index contributed by atoms with van der Waals surface area (Å²) < 4.78 is 5.32. The highest BCUT2D eigenvalue weighted by Gasteiger charge is 2.36. The Balaban J connectivity index is 1.94. The Morgan fingerprint density at radius 1 is 1.20 bits per heavy atom. The predicted molar refractivity (Wildman–Crippen MR) is 39.9 cm³/mol. The van der Waals surface area contributed by atoms with Gasteiger partial charge in [0.25, 0.3) is 0 Å². The number of hydrogen-bond donors (Lipinski definition) is 1. The summed E-state index contributed by atoms with van der Waals surface area (Å²) in [6.07, 6.45) is 3.14. The van der Waals surface area contributed by atoms with E-state index in [1.807, 2.05) is 7.11 Å². The van der Waals surface area contributed by atoms with Crippen LogP contribution in [0.15, 0.2) is 0 Å². The van der Waals surface area contributed by atoms with E-state index in [9.17, 15) is 0 Å². The van der Waals surface area contributed by atoms with Crippen LogP contribution >= 0.6 is 0 Å². The van der Waals surface area contributed by atoms with Crippen molar-refractivity contribution in [3.8, 4) is 0 Å². The zero-order valence-electron chi connectivity index (χ0n) is 6.47. The summed E-state index contributed by atoms with van der Waals surface area (Å²) >= 11 is 0. The van der Waals surface area contributed by atoms with Crippen LogP contribution < -0.4 is 5.32 Å². The Kier molecular flexibility index (Phi) is 1.66. The van der Waals surface area contributed by atoms with E-state index >= 15 is 0 Å². The van der Waals surface area contributed by atoms with E-state index in [1.54, 1.807) is 0 Å². The average Bonchev–Trinajstić information content (AvgIpc) is 2.42. The van der Waals surface area contributed by atoms with E-state index in [1.165, 1.54) is 25.9 Å². The molecule has 10 heavy (non-hydrogen) atoms. The van der Waals surface area contributed by atoms with Crippen LogP contribution in [0, 0.1) is 11.8 Å². The summed E-state index contributed by atoms with van der Waals surface area (Å²) in [5, 5.41) is 3.41. The highest BCUT2D eigenvalue weighted by atomic mass is 16.5. The van der Waals surface area contributed by atoms with Crippen LogP contribution in [0.4, 0.5) is 0 Å². The van der Waals surface area contributed by atoms with Gasteiger partial charge in [0.05, 0.1) is 6.10 Å². The maximum absolute atomic E-state index is 5.32. The Hall–Kier alpha value is -0.0800. The highest BCUT2D eigenvalue weighted by molar-refractivity contribution is 4.90. The summed E-state index contributed by atoms with van der Waals surface area (Å²) in [4.78, 5) is 0. The molecule has 2 unspecified atom stereocenters. The second-order valence-corrected chi connectivity index (χ2v) is 3.51. The van der Waals surface area contributed by atoms with E-state index in [2.05, 4.69) is 5.32 Å². The molecule has 0 aromatic rings. The third kappa shape index (κ3) is 0.956. The molecule has 2 heteroatoms. The maximum Gasteiger partial charge on any atom is 0.0577 e. The second kappa shape index (κ2) is 2.51. The summed E-state index contributed by atoms with van der Waals surface area (Å²) in [6.45, 7) is 2.45. The molecule has 3 atom stereocenters. The number of nitrogens with one attached hydrogen (secondary N) is 1. The largest absolute Gasteiger partial charge is 0.381 e. The van der Waals surface area contributed by atoms with Crippen LogP contribution in [0.5, 0.6) is 0 Å². The quantitative estimate of drug-likeness (QED) is 0.578. The van der Waals surface area contributed by atoms with Gasteiger partial charge in [0.15, 0.2) is 0 Å². The molecular formula is C8H15NO. The molecule has 0 spiro atoms. The van der Waals surface area contributed by atoms with Crippen LogP contribution in [0.3, 0.4) is 0 Å². The van der Waals surface area contributed by atoms with Gasteiger partial charge in [-0.05, 0) is 37.8 Å². The normalized spacial score (nSPS) is 45.9. The fourth-order valence-electron chi connectivity index (χ4n) is 2.30. The Morgan fingerprint density at radius 2 is 1.80 bits per heavy atom. The van der Waals surface area contributed by atoms with Gasteiger partial charge >= 0.3 is 0 Å². The van der Waals surface area contributed by atoms with Gasteiger partial charge < -0.3 is 10.1 Å². The van der Waals surface area contributed by atoms with Crippen LogP contribution in [-0.4, -0.2) is 26.3 Å². The molecule has 2 aliphatic rings. The van der Waals surface area contributed by atoms with E-state index in [-0.39, 0.29) is 0 Å². The van der Waals surface area contributed by atoms with Crippen LogP contribution in [-0.2, 0) is 4.74 Å². The third-order valence-electron chi connectivity index (χ3n) is 2.94. The molecule has 0 radical (unpaired) electrons. The highest BCUT2D eigenvalue weighted by Crippen LogP contribution is 2.35. The fourth-order valence-corrected chi connectivity index (χ4v) is 2.30. The summed E-state index contributed by atoms with van der Waals surface area (Å²) in [5.41, 5.74) is 0. The third-order valence-corrected chi connectivity index (χ3v) is 2.94. The summed E-state index contributed by atoms with van der Waals surface area (Å²) in [6, 6.07) is 0. The molecule has 1 N–H and O–H groups in total. The Labute approximate surface area is 61.9 Å². The zero-order valence-corrected chi connectivity index (χ0v) is 6.47. The van der Waals surface area contributed by atoms with Crippen molar-refractivity contribution in [3.05, 3.63) is 0 Å². The summed E-state index contributed by atoms with van der Waals surface area (Å²) in [7, 11) is 1.83. The number of hydrogen-bond acceptors (Lipinski definition) is 2. The van der Waals surface area contributed by atoms with Gasteiger partial charge in [0.2, 0.25) is 0 Å². The Morgan fingerprint density at radius 3 is 2.30 bits per heavy atom. The fraction of sp³-hybridized carbons (Fsp3) is 1.00. The SMILES string of the molecule is COC1CC2CNC[C@H]2C1. The van der Waals surface area contributed by atoms with E-state index in [0.717, 1.165) is 11.8 Å². The van der Waals surface area contributed by atoms with E-state index in [0.29, 0.717) is 6.10 Å². The Bertz CT molecular complexity index is 114. The van der Waals surface area contributed by atoms with Crippen LogP contribution in [0.1, 0.15) is 12.8 Å². The van der Waals surface area contributed by atoms with Gasteiger partial charge in [-0.2, -0.15) is 0 Å². The zero-order chi connectivity index (χ0) is 6.97. The van der Waals surface area contributed by atoms with Gasteiger partial charge in [0.1, 0.15) is 0 Å². The van der Waals surface area contributed by atoms with Gasteiger partial charge in [-0.25, -0.2) is 0 Å². The molecule has 2 rings (SSSR count). The van der Waals surface area contributed by atoms with Crippen LogP contribution in [0.2, 0.25) is 0 Å². The summed E-state index contributed by atoms with van der Waals surface area (Å²) in [5.74, 6) is 1.84. The first kappa shape index (κ1) is 6.62. The number of methoxy groups -OCH3 is 1. The lowest BCUT2D eigenvalue weighted by Crippen LogP contribution is -2.15. The first-order chi connectivity index (χ1) is 4.90. The van der Waals surface area contributed by atoms with Crippen molar-refractivity contribution in [2.24, 2.45) is 11.8 Å². The topological polar surface area (TPSA) is 21.3 Å². The molecule has 1 aliphatic carbocycles. The van der Waals surface area contributed by atoms with Gasteiger partial charge in [-0.15, -0.1) is 0 Å². The monoisotopic (exact) mass is 141 g/mol. The van der Waals surface area contributed by atoms with Crippen molar-refractivity contribution in [2.45, 2.75) is 18.9 Å². The molecule has 0 aromatic heterocycles. The van der Waals surface area contributed by atoms with Crippen molar-refractivity contribution in [1.82, 2.24) is 5.32 Å². The standard InChI is InChI=1S/C8H15NO/c1-10-8-2-6-4-9-5-7(6)3-8/h6-9H,2-5H2,1H3/t6-,7?,8?/m1/s1.